The maximum atomic E-state index is 8.71. The molecule has 0 aliphatic carbocycles. The van der Waals surface area contributed by atoms with Gasteiger partial charge in [-0.05, 0) is 47.1 Å². The molecule has 3 nitrogen and oxygen atoms in total. The van der Waals surface area contributed by atoms with Crippen molar-refractivity contribution in [3.63, 3.8) is 0 Å². The van der Waals surface area contributed by atoms with E-state index in [0.29, 0.717) is 12.1 Å². The first kappa shape index (κ1) is 11.0. The number of nitrogens with one attached hydrogen (secondary N) is 1. The van der Waals surface area contributed by atoms with Crippen LogP contribution in [0.4, 0.5) is 5.69 Å². The van der Waals surface area contributed by atoms with Crippen LogP contribution in [0.25, 0.3) is 0 Å². The number of hydrogen-bond donors (Lipinski definition) is 2. The molecule has 0 radical (unpaired) electrons. The second-order valence-electron chi connectivity index (χ2n) is 2.88. The fraction of sp³-hybridized carbons (Fsp3) is 0.300. The molecule has 0 aliphatic rings. The first-order chi connectivity index (χ1) is 6.77. The van der Waals surface area contributed by atoms with E-state index in [9.17, 15) is 0 Å². The summed E-state index contributed by atoms with van der Waals surface area (Å²) >= 11 is 3.33. The summed E-state index contributed by atoms with van der Waals surface area (Å²) in [7, 11) is 0. The van der Waals surface area contributed by atoms with Gasteiger partial charge in [-0.25, -0.2) is 0 Å². The maximum absolute atomic E-state index is 8.71. The molecule has 1 aromatic carbocycles. The third-order valence-corrected chi connectivity index (χ3v) is 2.46. The first-order valence-corrected chi connectivity index (χ1v) is 5.21. The van der Waals surface area contributed by atoms with Gasteiger partial charge in [0, 0.05) is 16.7 Å². The van der Waals surface area contributed by atoms with Crippen molar-refractivity contribution in [3.8, 4) is 6.07 Å². The minimum Gasteiger partial charge on any atom is -0.385 e. The second-order valence-corrected chi connectivity index (χ2v) is 3.73. The average molecular weight is 254 g/mol. The van der Waals surface area contributed by atoms with Gasteiger partial charge in [0.1, 0.15) is 6.07 Å². The van der Waals surface area contributed by atoms with Gasteiger partial charge in [0.25, 0.3) is 0 Å². The number of nitriles is 1. The molecule has 74 valence electrons. The number of rotatable bonds is 4. The Kier molecular flexibility index (Phi) is 4.44. The SMILES string of the molecule is N#Cc1ccc(NCCCN)cc1Br. The summed E-state index contributed by atoms with van der Waals surface area (Å²) in [6.07, 6.45) is 0.942. The molecule has 0 saturated heterocycles. The van der Waals surface area contributed by atoms with E-state index in [1.807, 2.05) is 12.1 Å². The molecule has 14 heavy (non-hydrogen) atoms. The van der Waals surface area contributed by atoms with Crippen molar-refractivity contribution in [3.05, 3.63) is 28.2 Å². The van der Waals surface area contributed by atoms with E-state index in [1.54, 1.807) is 6.07 Å². The van der Waals surface area contributed by atoms with Crippen molar-refractivity contribution in [2.24, 2.45) is 5.73 Å². The molecule has 0 aromatic heterocycles. The molecular formula is C10H12BrN3. The summed E-state index contributed by atoms with van der Waals surface area (Å²) in [6.45, 7) is 1.54. The third-order valence-electron chi connectivity index (χ3n) is 1.80. The fourth-order valence-electron chi connectivity index (χ4n) is 1.05. The van der Waals surface area contributed by atoms with E-state index in [2.05, 4.69) is 27.3 Å². The molecule has 0 unspecified atom stereocenters. The fourth-order valence-corrected chi connectivity index (χ4v) is 1.52. The molecule has 0 atom stereocenters. The molecule has 1 aromatic rings. The summed E-state index contributed by atoms with van der Waals surface area (Å²) in [4.78, 5) is 0. The van der Waals surface area contributed by atoms with Gasteiger partial charge in [-0.3, -0.25) is 0 Å². The van der Waals surface area contributed by atoms with Crippen molar-refractivity contribution < 1.29 is 0 Å². The van der Waals surface area contributed by atoms with Gasteiger partial charge in [-0.15, -0.1) is 0 Å². The predicted molar refractivity (Wildman–Crippen MR) is 61.0 cm³/mol. The Morgan fingerprint density at radius 2 is 2.29 bits per heavy atom. The van der Waals surface area contributed by atoms with Gasteiger partial charge in [0.15, 0.2) is 0 Å². The average Bonchev–Trinajstić information content (AvgIpc) is 2.18. The zero-order valence-electron chi connectivity index (χ0n) is 7.76. The highest BCUT2D eigenvalue weighted by Gasteiger charge is 1.99. The van der Waals surface area contributed by atoms with E-state index in [1.165, 1.54) is 0 Å². The van der Waals surface area contributed by atoms with Crippen LogP contribution in [0.2, 0.25) is 0 Å². The Hall–Kier alpha value is -1.05. The molecule has 0 amide bonds. The zero-order chi connectivity index (χ0) is 10.4. The number of anilines is 1. The van der Waals surface area contributed by atoms with Crippen LogP contribution < -0.4 is 11.1 Å². The Morgan fingerprint density at radius 3 is 2.86 bits per heavy atom. The minimum atomic E-state index is 0.648. The lowest BCUT2D eigenvalue weighted by Gasteiger charge is -2.06. The molecule has 0 aliphatic heterocycles. The standard InChI is InChI=1S/C10H12BrN3/c11-10-6-9(14-5-1-4-12)3-2-8(10)7-13/h2-3,6,14H,1,4-5,12H2. The molecular weight excluding hydrogens is 242 g/mol. The highest BCUT2D eigenvalue weighted by molar-refractivity contribution is 9.10. The van der Waals surface area contributed by atoms with Crippen LogP contribution in [0.15, 0.2) is 22.7 Å². The number of nitrogens with two attached hydrogens (primary N) is 1. The number of hydrogen-bond acceptors (Lipinski definition) is 3. The third kappa shape index (κ3) is 3.02. The molecule has 0 saturated carbocycles. The van der Waals surface area contributed by atoms with Gasteiger partial charge >= 0.3 is 0 Å². The molecule has 0 bridgehead atoms. The van der Waals surface area contributed by atoms with Crippen molar-refractivity contribution in [1.29, 1.82) is 5.26 Å². The highest BCUT2D eigenvalue weighted by atomic mass is 79.9. The predicted octanol–water partition coefficient (Wildman–Crippen LogP) is 2.08. The largest absolute Gasteiger partial charge is 0.385 e. The Labute approximate surface area is 92.0 Å². The zero-order valence-corrected chi connectivity index (χ0v) is 9.34. The van der Waals surface area contributed by atoms with Crippen molar-refractivity contribution in [2.45, 2.75) is 6.42 Å². The normalized spacial score (nSPS) is 9.50. The van der Waals surface area contributed by atoms with Crippen molar-refractivity contribution in [1.82, 2.24) is 0 Å². The summed E-state index contributed by atoms with van der Waals surface area (Å²) in [6, 6.07) is 7.67. The van der Waals surface area contributed by atoms with E-state index < -0.39 is 0 Å². The van der Waals surface area contributed by atoms with E-state index in [-0.39, 0.29) is 0 Å². The minimum absolute atomic E-state index is 0.648. The second kappa shape index (κ2) is 5.63. The van der Waals surface area contributed by atoms with Crippen molar-refractivity contribution in [2.75, 3.05) is 18.4 Å². The van der Waals surface area contributed by atoms with Crippen LogP contribution in [0, 0.1) is 11.3 Å². The first-order valence-electron chi connectivity index (χ1n) is 4.41. The topological polar surface area (TPSA) is 61.8 Å². The molecule has 4 heteroatoms. The van der Waals surface area contributed by atoms with Crippen LogP contribution in [0.3, 0.4) is 0 Å². The van der Waals surface area contributed by atoms with E-state index >= 15 is 0 Å². The van der Waals surface area contributed by atoms with Crippen molar-refractivity contribution >= 4 is 21.6 Å². The molecule has 1 rings (SSSR count). The summed E-state index contributed by atoms with van der Waals surface area (Å²) < 4.78 is 0.817. The van der Waals surface area contributed by atoms with Crippen LogP contribution in [0.1, 0.15) is 12.0 Å². The Bertz CT molecular complexity index is 344. The molecule has 3 N–H and O–H groups in total. The number of benzene rings is 1. The molecule has 0 spiro atoms. The number of halogens is 1. The maximum Gasteiger partial charge on any atom is 0.100 e. The van der Waals surface area contributed by atoms with Crippen LogP contribution >= 0.6 is 15.9 Å². The smallest absolute Gasteiger partial charge is 0.100 e. The van der Waals surface area contributed by atoms with Gasteiger partial charge < -0.3 is 11.1 Å². The van der Waals surface area contributed by atoms with Gasteiger partial charge in [-0.2, -0.15) is 5.26 Å². The highest BCUT2D eigenvalue weighted by Crippen LogP contribution is 2.20. The lowest BCUT2D eigenvalue weighted by molar-refractivity contribution is 0.874. The van der Waals surface area contributed by atoms with Crippen LogP contribution in [-0.2, 0) is 0 Å². The van der Waals surface area contributed by atoms with E-state index in [0.717, 1.165) is 23.1 Å². The Morgan fingerprint density at radius 1 is 1.50 bits per heavy atom. The van der Waals surface area contributed by atoms with Gasteiger partial charge in [-0.1, -0.05) is 0 Å². The quantitative estimate of drug-likeness (QED) is 0.808. The number of nitrogens with zero attached hydrogens (tertiary/aromatic N) is 1. The summed E-state index contributed by atoms with van der Waals surface area (Å²) in [5.41, 5.74) is 7.03. The van der Waals surface area contributed by atoms with Gasteiger partial charge in [0.2, 0.25) is 0 Å². The van der Waals surface area contributed by atoms with Gasteiger partial charge in [0.05, 0.1) is 5.56 Å². The van der Waals surface area contributed by atoms with Crippen LogP contribution in [0.5, 0.6) is 0 Å². The monoisotopic (exact) mass is 253 g/mol. The molecule has 0 heterocycles. The summed E-state index contributed by atoms with van der Waals surface area (Å²) in [5.74, 6) is 0. The Balaban J connectivity index is 2.63. The van der Waals surface area contributed by atoms with E-state index in [4.69, 9.17) is 11.0 Å². The van der Waals surface area contributed by atoms with Crippen LogP contribution in [-0.4, -0.2) is 13.1 Å². The lowest BCUT2D eigenvalue weighted by atomic mass is 10.2. The summed E-state index contributed by atoms with van der Waals surface area (Å²) in [5, 5.41) is 11.9. The lowest BCUT2D eigenvalue weighted by Crippen LogP contribution is -2.08. The molecule has 0 fully saturated rings.